The van der Waals surface area contributed by atoms with Gasteiger partial charge in [0, 0.05) is 10.4 Å². The second-order valence-electron chi connectivity index (χ2n) is 4.10. The fraction of sp³-hybridized carbons (Fsp3) is 0.417. The van der Waals surface area contributed by atoms with Gasteiger partial charge in [-0.2, -0.15) is 4.39 Å². The Hall–Kier alpha value is -1.17. The number of halogens is 3. The van der Waals surface area contributed by atoms with Gasteiger partial charge in [-0.25, -0.2) is 9.18 Å². The van der Waals surface area contributed by atoms with Gasteiger partial charge in [0.05, 0.1) is 7.11 Å². The molecule has 98 valence electrons. The van der Waals surface area contributed by atoms with Gasteiger partial charge < -0.3 is 9.47 Å². The number of benzene rings is 1. The van der Waals surface area contributed by atoms with Crippen molar-refractivity contribution in [2.45, 2.75) is 18.9 Å². The number of carbonyl (C=O) groups is 1. The molecular weight excluding hydrogens is 310 g/mol. The van der Waals surface area contributed by atoms with Crippen LogP contribution in [0.4, 0.5) is 8.78 Å². The Kier molecular flexibility index (Phi) is 3.85. The first-order valence-corrected chi connectivity index (χ1v) is 6.21. The quantitative estimate of drug-likeness (QED) is 0.632. The Bertz CT molecular complexity index is 475. The number of carbonyl (C=O) groups excluding carboxylic acids is 1. The van der Waals surface area contributed by atoms with Crippen LogP contribution in [0.15, 0.2) is 16.6 Å². The molecule has 1 atom stereocenters. The molecule has 1 aromatic rings. The number of hydrogen-bond acceptors (Lipinski definition) is 3. The summed E-state index contributed by atoms with van der Waals surface area (Å²) in [6.45, 7) is 0. The maximum atomic E-state index is 13.5. The van der Waals surface area contributed by atoms with E-state index in [1.165, 1.54) is 13.2 Å². The second-order valence-corrected chi connectivity index (χ2v) is 5.01. The van der Waals surface area contributed by atoms with E-state index in [4.69, 9.17) is 4.74 Å². The van der Waals surface area contributed by atoms with Gasteiger partial charge in [0.2, 0.25) is 5.82 Å². The lowest BCUT2D eigenvalue weighted by Crippen LogP contribution is -2.31. The summed E-state index contributed by atoms with van der Waals surface area (Å²) < 4.78 is 36.9. The van der Waals surface area contributed by atoms with Gasteiger partial charge in [0.15, 0.2) is 17.7 Å². The third-order valence-electron chi connectivity index (χ3n) is 2.70. The minimum absolute atomic E-state index is 0.0129. The first kappa shape index (κ1) is 13.3. The first-order chi connectivity index (χ1) is 8.52. The smallest absolute Gasteiger partial charge is 0.347 e. The third-order valence-corrected chi connectivity index (χ3v) is 3.16. The first-order valence-electron chi connectivity index (χ1n) is 5.42. The summed E-state index contributed by atoms with van der Waals surface area (Å²) in [7, 11) is 1.24. The Labute approximate surface area is 111 Å². The largest absolute Gasteiger partial charge is 0.475 e. The van der Waals surface area contributed by atoms with E-state index in [1.54, 1.807) is 0 Å². The summed E-state index contributed by atoms with van der Waals surface area (Å²) >= 11 is 3.04. The fourth-order valence-corrected chi connectivity index (χ4v) is 2.02. The highest BCUT2D eigenvalue weighted by Crippen LogP contribution is 2.36. The molecule has 2 rings (SSSR count). The zero-order chi connectivity index (χ0) is 13.3. The lowest BCUT2D eigenvalue weighted by Gasteiger charge is -2.17. The van der Waals surface area contributed by atoms with E-state index >= 15 is 0 Å². The van der Waals surface area contributed by atoms with Gasteiger partial charge in [-0.15, -0.1) is 0 Å². The molecular formula is C12H11BrF2O3. The topological polar surface area (TPSA) is 35.5 Å². The van der Waals surface area contributed by atoms with Gasteiger partial charge in [-0.3, -0.25) is 0 Å². The molecule has 1 unspecified atom stereocenters. The normalized spacial score (nSPS) is 16.2. The molecule has 1 aromatic carbocycles. The average molecular weight is 321 g/mol. The van der Waals surface area contributed by atoms with Gasteiger partial charge in [0.25, 0.3) is 0 Å². The highest BCUT2D eigenvalue weighted by atomic mass is 79.9. The molecule has 0 heterocycles. The van der Waals surface area contributed by atoms with Crippen LogP contribution in [0.2, 0.25) is 0 Å². The van der Waals surface area contributed by atoms with Crippen molar-refractivity contribution < 1.29 is 23.0 Å². The standard InChI is InChI=1S/C12H11BrF2O3/c1-17-12(16)11(6-2-3-6)18-9-5-7(13)4-8(14)10(9)15/h4-6,11H,2-3H2,1H3. The van der Waals surface area contributed by atoms with E-state index < -0.39 is 23.7 Å². The molecule has 0 spiro atoms. The van der Waals surface area contributed by atoms with E-state index in [2.05, 4.69) is 20.7 Å². The Morgan fingerprint density at radius 2 is 2.11 bits per heavy atom. The summed E-state index contributed by atoms with van der Waals surface area (Å²) in [6, 6.07) is 2.28. The minimum atomic E-state index is -1.10. The van der Waals surface area contributed by atoms with E-state index in [9.17, 15) is 13.6 Å². The number of ether oxygens (including phenoxy) is 2. The van der Waals surface area contributed by atoms with Crippen LogP contribution < -0.4 is 4.74 Å². The lowest BCUT2D eigenvalue weighted by molar-refractivity contribution is -0.149. The fourth-order valence-electron chi connectivity index (χ4n) is 1.61. The van der Waals surface area contributed by atoms with Gasteiger partial charge in [-0.05, 0) is 25.0 Å². The Balaban J connectivity index is 2.23. The summed E-state index contributed by atoms with van der Waals surface area (Å²) in [6.07, 6.45) is 0.758. The Morgan fingerprint density at radius 3 is 2.67 bits per heavy atom. The molecule has 0 saturated heterocycles. The number of hydrogen-bond donors (Lipinski definition) is 0. The van der Waals surface area contributed by atoms with Crippen LogP contribution in [-0.4, -0.2) is 19.2 Å². The van der Waals surface area contributed by atoms with E-state index in [1.807, 2.05) is 0 Å². The van der Waals surface area contributed by atoms with E-state index in [-0.39, 0.29) is 11.7 Å². The van der Waals surface area contributed by atoms with Crippen molar-refractivity contribution in [1.82, 2.24) is 0 Å². The molecule has 18 heavy (non-hydrogen) atoms. The van der Waals surface area contributed by atoms with Gasteiger partial charge >= 0.3 is 5.97 Å². The monoisotopic (exact) mass is 320 g/mol. The van der Waals surface area contributed by atoms with E-state index in [0.717, 1.165) is 18.9 Å². The van der Waals surface area contributed by atoms with Crippen molar-refractivity contribution in [3.05, 3.63) is 28.2 Å². The van der Waals surface area contributed by atoms with Gasteiger partial charge in [0.1, 0.15) is 0 Å². The molecule has 1 saturated carbocycles. The number of rotatable bonds is 4. The highest BCUT2D eigenvalue weighted by Gasteiger charge is 2.39. The molecule has 1 aliphatic rings. The zero-order valence-corrected chi connectivity index (χ0v) is 11.2. The third kappa shape index (κ3) is 2.80. The average Bonchev–Trinajstić information content (AvgIpc) is 3.15. The maximum Gasteiger partial charge on any atom is 0.347 e. The summed E-state index contributed by atoms with van der Waals surface area (Å²) in [5, 5.41) is 0. The zero-order valence-electron chi connectivity index (χ0n) is 9.58. The van der Waals surface area contributed by atoms with Crippen molar-refractivity contribution in [1.29, 1.82) is 0 Å². The Morgan fingerprint density at radius 1 is 1.44 bits per heavy atom. The molecule has 0 aromatic heterocycles. The van der Waals surface area contributed by atoms with E-state index in [0.29, 0.717) is 4.47 Å². The molecule has 6 heteroatoms. The molecule has 1 fully saturated rings. The molecule has 0 aliphatic heterocycles. The van der Waals surface area contributed by atoms with Crippen LogP contribution >= 0.6 is 15.9 Å². The molecule has 0 radical (unpaired) electrons. The van der Waals surface area contributed by atoms with Crippen LogP contribution in [0, 0.1) is 17.6 Å². The van der Waals surface area contributed by atoms with Crippen LogP contribution in [0.5, 0.6) is 5.75 Å². The van der Waals surface area contributed by atoms with Crippen molar-refractivity contribution in [2.24, 2.45) is 5.92 Å². The minimum Gasteiger partial charge on any atom is -0.475 e. The highest BCUT2D eigenvalue weighted by molar-refractivity contribution is 9.10. The SMILES string of the molecule is COC(=O)C(Oc1cc(Br)cc(F)c1F)C1CC1. The van der Waals surface area contributed by atoms with Crippen LogP contribution in [0.1, 0.15) is 12.8 Å². The van der Waals surface area contributed by atoms with Crippen molar-refractivity contribution in [3.8, 4) is 5.75 Å². The maximum absolute atomic E-state index is 13.5. The number of esters is 1. The second kappa shape index (κ2) is 5.22. The summed E-state index contributed by atoms with van der Waals surface area (Å²) in [5.74, 6) is -2.98. The molecule has 1 aliphatic carbocycles. The van der Waals surface area contributed by atoms with Crippen molar-refractivity contribution in [2.75, 3.05) is 7.11 Å². The molecule has 3 nitrogen and oxygen atoms in total. The van der Waals surface area contributed by atoms with Gasteiger partial charge in [-0.1, -0.05) is 15.9 Å². The molecule has 0 amide bonds. The summed E-state index contributed by atoms with van der Waals surface area (Å²) in [5.41, 5.74) is 0. The summed E-state index contributed by atoms with van der Waals surface area (Å²) in [4.78, 5) is 11.5. The van der Waals surface area contributed by atoms with Crippen molar-refractivity contribution in [3.63, 3.8) is 0 Å². The van der Waals surface area contributed by atoms with Crippen LogP contribution in [-0.2, 0) is 9.53 Å². The molecule has 0 N–H and O–H groups in total. The predicted octanol–water partition coefficient (Wildman–Crippen LogP) is 3.06. The molecule has 0 bridgehead atoms. The van der Waals surface area contributed by atoms with Crippen LogP contribution in [0.25, 0.3) is 0 Å². The van der Waals surface area contributed by atoms with Crippen LogP contribution in [0.3, 0.4) is 0 Å². The van der Waals surface area contributed by atoms with Crippen molar-refractivity contribution >= 4 is 21.9 Å². The lowest BCUT2D eigenvalue weighted by atomic mass is 10.2. The number of methoxy groups -OCH3 is 1. The predicted molar refractivity (Wildman–Crippen MR) is 63.2 cm³/mol.